The van der Waals surface area contributed by atoms with E-state index in [0.717, 1.165) is 5.69 Å². The van der Waals surface area contributed by atoms with E-state index in [0.29, 0.717) is 18.1 Å². The van der Waals surface area contributed by atoms with Gasteiger partial charge in [0.05, 0.1) is 12.2 Å². The molecule has 3 N–H and O–H groups in total. The highest BCUT2D eigenvalue weighted by Crippen LogP contribution is 2.10. The molecule has 0 unspecified atom stereocenters. The van der Waals surface area contributed by atoms with Gasteiger partial charge in [-0.1, -0.05) is 13.8 Å². The number of ether oxygens (including phenoxy) is 1. The lowest BCUT2D eigenvalue weighted by molar-refractivity contribution is 0.0459. The zero-order valence-electron chi connectivity index (χ0n) is 9.90. The lowest BCUT2D eigenvalue weighted by Crippen LogP contribution is -2.18. The Balaban J connectivity index is 2.60. The molecule has 0 heterocycles. The third-order valence-electron chi connectivity index (χ3n) is 1.94. The van der Waals surface area contributed by atoms with Gasteiger partial charge in [0.2, 0.25) is 0 Å². The van der Waals surface area contributed by atoms with Crippen LogP contribution >= 0.6 is 12.2 Å². The van der Waals surface area contributed by atoms with Crippen molar-refractivity contribution in [1.29, 1.82) is 0 Å². The molecule has 0 saturated heterocycles. The first kappa shape index (κ1) is 13.4. The molecule has 0 amide bonds. The number of nitrogens with two attached hydrogens (primary N) is 1. The number of hydrogen-bond acceptors (Lipinski definition) is 3. The van der Waals surface area contributed by atoms with Gasteiger partial charge >= 0.3 is 5.97 Å². The van der Waals surface area contributed by atoms with Crippen LogP contribution in [0.5, 0.6) is 0 Å². The molecule has 1 aromatic carbocycles. The normalized spacial score (nSPS) is 10.1. The quantitative estimate of drug-likeness (QED) is 0.635. The summed E-state index contributed by atoms with van der Waals surface area (Å²) in [4.78, 5) is 11.6. The molecule has 0 fully saturated rings. The molecule has 0 atom stereocenters. The second-order valence-corrected chi connectivity index (χ2v) is 4.50. The van der Waals surface area contributed by atoms with Crippen LogP contribution in [0.2, 0.25) is 0 Å². The number of carbonyl (C=O) groups is 1. The van der Waals surface area contributed by atoms with E-state index >= 15 is 0 Å². The van der Waals surface area contributed by atoms with Crippen molar-refractivity contribution in [3.05, 3.63) is 29.8 Å². The number of hydrogen-bond donors (Lipinski definition) is 2. The Morgan fingerprint density at radius 3 is 2.47 bits per heavy atom. The molecule has 0 radical (unpaired) electrons. The van der Waals surface area contributed by atoms with Gasteiger partial charge < -0.3 is 15.8 Å². The van der Waals surface area contributed by atoms with E-state index in [1.165, 1.54) is 0 Å². The minimum absolute atomic E-state index is 0.195. The van der Waals surface area contributed by atoms with Crippen molar-refractivity contribution in [2.24, 2.45) is 11.7 Å². The van der Waals surface area contributed by atoms with Gasteiger partial charge in [-0.05, 0) is 42.4 Å². The molecule has 0 aliphatic rings. The molecule has 17 heavy (non-hydrogen) atoms. The monoisotopic (exact) mass is 252 g/mol. The van der Waals surface area contributed by atoms with Crippen molar-refractivity contribution < 1.29 is 9.53 Å². The number of thiocarbonyl (C=S) groups is 1. The highest BCUT2D eigenvalue weighted by atomic mass is 32.1. The first-order chi connectivity index (χ1) is 7.99. The third kappa shape index (κ3) is 4.82. The maximum absolute atomic E-state index is 11.6. The maximum Gasteiger partial charge on any atom is 0.338 e. The van der Waals surface area contributed by atoms with E-state index in [9.17, 15) is 4.79 Å². The summed E-state index contributed by atoms with van der Waals surface area (Å²) in [5.41, 5.74) is 6.59. The second-order valence-electron chi connectivity index (χ2n) is 4.06. The average Bonchev–Trinajstić information content (AvgIpc) is 2.26. The molecular formula is C12H16N2O2S. The lowest BCUT2D eigenvalue weighted by Gasteiger charge is -2.08. The highest BCUT2D eigenvalue weighted by molar-refractivity contribution is 7.80. The molecule has 1 aromatic rings. The third-order valence-corrected chi connectivity index (χ3v) is 2.04. The number of rotatable bonds is 4. The lowest BCUT2D eigenvalue weighted by atomic mass is 10.2. The van der Waals surface area contributed by atoms with Crippen LogP contribution in [0, 0.1) is 5.92 Å². The summed E-state index contributed by atoms with van der Waals surface area (Å²) >= 11 is 4.71. The Kier molecular flexibility index (Phi) is 4.90. The van der Waals surface area contributed by atoms with Crippen LogP contribution in [-0.2, 0) is 4.74 Å². The Morgan fingerprint density at radius 1 is 1.41 bits per heavy atom. The number of anilines is 1. The zero-order chi connectivity index (χ0) is 12.8. The number of carbonyl (C=O) groups excluding carboxylic acids is 1. The summed E-state index contributed by atoms with van der Waals surface area (Å²) in [5.74, 6) is 0.00933. The molecule has 0 spiro atoms. The van der Waals surface area contributed by atoms with Gasteiger partial charge in [0.1, 0.15) is 0 Å². The van der Waals surface area contributed by atoms with Crippen LogP contribution < -0.4 is 11.1 Å². The molecule has 0 saturated carbocycles. The summed E-state index contributed by atoms with van der Waals surface area (Å²) in [6.07, 6.45) is 0. The van der Waals surface area contributed by atoms with E-state index in [2.05, 4.69) is 5.32 Å². The van der Waals surface area contributed by atoms with E-state index in [-0.39, 0.29) is 11.1 Å². The fraction of sp³-hybridized carbons (Fsp3) is 0.333. The van der Waals surface area contributed by atoms with Gasteiger partial charge in [-0.25, -0.2) is 4.79 Å². The molecule has 1 rings (SSSR count). The summed E-state index contributed by atoms with van der Waals surface area (Å²) in [5, 5.41) is 2.97. The van der Waals surface area contributed by atoms with Crippen LogP contribution in [0.25, 0.3) is 0 Å². The van der Waals surface area contributed by atoms with Crippen LogP contribution in [0.15, 0.2) is 24.3 Å². The summed E-state index contributed by atoms with van der Waals surface area (Å²) in [6.45, 7) is 4.40. The van der Waals surface area contributed by atoms with Crippen molar-refractivity contribution in [2.75, 3.05) is 11.9 Å². The van der Waals surface area contributed by atoms with Gasteiger partial charge in [-0.15, -0.1) is 0 Å². The van der Waals surface area contributed by atoms with Crippen molar-refractivity contribution in [2.45, 2.75) is 13.8 Å². The van der Waals surface area contributed by atoms with Crippen LogP contribution in [0.4, 0.5) is 5.69 Å². The largest absolute Gasteiger partial charge is 0.462 e. The van der Waals surface area contributed by atoms with Gasteiger partial charge in [0.15, 0.2) is 5.11 Å². The Labute approximate surface area is 106 Å². The smallest absolute Gasteiger partial charge is 0.338 e. The zero-order valence-corrected chi connectivity index (χ0v) is 10.7. The Hall–Kier alpha value is -1.62. The minimum Gasteiger partial charge on any atom is -0.462 e. The second kappa shape index (κ2) is 6.20. The van der Waals surface area contributed by atoms with E-state index < -0.39 is 0 Å². The average molecular weight is 252 g/mol. The van der Waals surface area contributed by atoms with Crippen molar-refractivity contribution in [3.8, 4) is 0 Å². The standard InChI is InChI=1S/C12H16N2O2S/c1-8(2)7-16-11(15)9-3-5-10(6-4-9)14-12(13)17/h3-6,8H,7H2,1-2H3,(H3,13,14,17). The topological polar surface area (TPSA) is 64.3 Å². The summed E-state index contributed by atoms with van der Waals surface area (Å²) < 4.78 is 5.10. The molecule has 0 aliphatic carbocycles. The highest BCUT2D eigenvalue weighted by Gasteiger charge is 2.07. The van der Waals surface area contributed by atoms with Crippen LogP contribution in [0.3, 0.4) is 0 Å². The Bertz CT molecular complexity index is 401. The van der Waals surface area contributed by atoms with Crippen LogP contribution in [-0.4, -0.2) is 17.7 Å². The fourth-order valence-corrected chi connectivity index (χ4v) is 1.28. The van der Waals surface area contributed by atoms with Crippen molar-refractivity contribution >= 4 is 29.0 Å². The fourth-order valence-electron chi connectivity index (χ4n) is 1.16. The van der Waals surface area contributed by atoms with E-state index in [4.69, 9.17) is 22.7 Å². The first-order valence-corrected chi connectivity index (χ1v) is 5.73. The van der Waals surface area contributed by atoms with Crippen molar-refractivity contribution in [3.63, 3.8) is 0 Å². The molecule has 0 aliphatic heterocycles. The molecule has 4 nitrogen and oxygen atoms in total. The minimum atomic E-state index is -0.319. The maximum atomic E-state index is 11.6. The summed E-state index contributed by atoms with van der Waals surface area (Å²) in [7, 11) is 0. The Morgan fingerprint density at radius 2 is 2.00 bits per heavy atom. The predicted molar refractivity (Wildman–Crippen MR) is 72.0 cm³/mol. The SMILES string of the molecule is CC(C)COC(=O)c1ccc(NC(N)=S)cc1. The molecule has 5 heteroatoms. The van der Waals surface area contributed by atoms with E-state index in [1.807, 2.05) is 13.8 Å². The van der Waals surface area contributed by atoms with Crippen LogP contribution in [0.1, 0.15) is 24.2 Å². The summed E-state index contributed by atoms with van der Waals surface area (Å²) in [6, 6.07) is 6.79. The first-order valence-electron chi connectivity index (χ1n) is 5.32. The molecule has 0 bridgehead atoms. The molecular weight excluding hydrogens is 236 g/mol. The van der Waals surface area contributed by atoms with Gasteiger partial charge in [-0.2, -0.15) is 0 Å². The van der Waals surface area contributed by atoms with Crippen molar-refractivity contribution in [1.82, 2.24) is 0 Å². The predicted octanol–water partition coefficient (Wildman–Crippen LogP) is 2.15. The number of benzene rings is 1. The molecule has 0 aromatic heterocycles. The van der Waals surface area contributed by atoms with Gasteiger partial charge in [0.25, 0.3) is 0 Å². The number of nitrogens with one attached hydrogen (secondary N) is 1. The van der Waals surface area contributed by atoms with E-state index in [1.54, 1.807) is 24.3 Å². The number of esters is 1. The van der Waals surface area contributed by atoms with Gasteiger partial charge in [0, 0.05) is 5.69 Å². The molecule has 92 valence electrons. The van der Waals surface area contributed by atoms with Gasteiger partial charge in [-0.3, -0.25) is 0 Å².